The van der Waals surface area contributed by atoms with Gasteiger partial charge in [0, 0.05) is 12.6 Å². The number of methoxy groups -OCH3 is 2. The largest absolute Gasteiger partial charge is 0.493 e. The van der Waals surface area contributed by atoms with E-state index in [1.54, 1.807) is 38.5 Å². The molecule has 6 heteroatoms. The van der Waals surface area contributed by atoms with Crippen LogP contribution in [-0.4, -0.2) is 39.2 Å². The first-order valence-corrected chi connectivity index (χ1v) is 8.96. The van der Waals surface area contributed by atoms with Gasteiger partial charge in [0.15, 0.2) is 18.1 Å². The molecule has 1 amide bonds. The second-order valence-electron chi connectivity index (χ2n) is 6.36. The first-order chi connectivity index (χ1) is 12.6. The summed E-state index contributed by atoms with van der Waals surface area (Å²) in [4.78, 5) is 23.5. The Balaban J connectivity index is 1.73. The highest BCUT2D eigenvalue weighted by atomic mass is 16.5. The summed E-state index contributed by atoms with van der Waals surface area (Å²) in [5.41, 5.74) is 0.765. The number of hydrogen-bond donors (Lipinski definition) is 1. The summed E-state index contributed by atoms with van der Waals surface area (Å²) in [6, 6.07) is 5.30. The van der Waals surface area contributed by atoms with E-state index in [2.05, 4.69) is 5.32 Å². The molecule has 26 heavy (non-hydrogen) atoms. The molecule has 0 unspecified atom stereocenters. The lowest BCUT2D eigenvalue weighted by Crippen LogP contribution is -2.33. The maximum atomic E-state index is 11.8. The van der Waals surface area contributed by atoms with Gasteiger partial charge in [-0.3, -0.25) is 4.79 Å². The summed E-state index contributed by atoms with van der Waals surface area (Å²) in [7, 11) is 3.11. The van der Waals surface area contributed by atoms with Crippen LogP contribution >= 0.6 is 0 Å². The minimum Gasteiger partial charge on any atom is -0.493 e. The molecule has 6 nitrogen and oxygen atoms in total. The summed E-state index contributed by atoms with van der Waals surface area (Å²) in [5.74, 6) is 0.913. The second-order valence-corrected chi connectivity index (χ2v) is 6.36. The Morgan fingerprint density at radius 1 is 1.12 bits per heavy atom. The molecule has 1 aliphatic rings. The third kappa shape index (κ3) is 6.43. The molecule has 1 aromatic rings. The van der Waals surface area contributed by atoms with Crippen LogP contribution in [0.1, 0.15) is 37.7 Å². The molecule has 0 atom stereocenters. The van der Waals surface area contributed by atoms with Crippen LogP contribution in [0.3, 0.4) is 0 Å². The lowest BCUT2D eigenvalue weighted by atomic mass is 9.89. The van der Waals surface area contributed by atoms with Crippen LogP contribution in [0.25, 0.3) is 6.08 Å². The van der Waals surface area contributed by atoms with Gasteiger partial charge in [-0.15, -0.1) is 0 Å². The molecular weight excluding hydrogens is 334 g/mol. The Labute approximate surface area is 154 Å². The normalized spacial score (nSPS) is 14.8. The Bertz CT molecular complexity index is 635. The van der Waals surface area contributed by atoms with Crippen molar-refractivity contribution in [2.75, 3.05) is 27.4 Å². The van der Waals surface area contributed by atoms with Gasteiger partial charge in [-0.1, -0.05) is 25.3 Å². The zero-order valence-corrected chi connectivity index (χ0v) is 15.5. The van der Waals surface area contributed by atoms with Crippen LogP contribution in [0.15, 0.2) is 24.3 Å². The van der Waals surface area contributed by atoms with Crippen molar-refractivity contribution in [1.29, 1.82) is 0 Å². The van der Waals surface area contributed by atoms with Gasteiger partial charge in [0.1, 0.15) is 0 Å². The molecule has 1 fully saturated rings. The fraction of sp³-hybridized carbons (Fsp3) is 0.500. The van der Waals surface area contributed by atoms with E-state index in [1.165, 1.54) is 25.3 Å². The maximum absolute atomic E-state index is 11.8. The Hall–Kier alpha value is -2.50. The zero-order valence-electron chi connectivity index (χ0n) is 15.5. The number of carbonyl (C=O) groups excluding carboxylic acids is 2. The molecule has 1 saturated carbocycles. The van der Waals surface area contributed by atoms with Crippen LogP contribution in [-0.2, 0) is 14.3 Å². The van der Waals surface area contributed by atoms with Gasteiger partial charge in [0.05, 0.1) is 14.2 Å². The first-order valence-electron chi connectivity index (χ1n) is 8.96. The van der Waals surface area contributed by atoms with Crippen molar-refractivity contribution in [2.24, 2.45) is 5.92 Å². The predicted octanol–water partition coefficient (Wildman–Crippen LogP) is 2.96. The van der Waals surface area contributed by atoms with E-state index in [9.17, 15) is 9.59 Å². The highest BCUT2D eigenvalue weighted by Crippen LogP contribution is 2.28. The number of esters is 1. The fourth-order valence-corrected chi connectivity index (χ4v) is 3.01. The number of hydrogen-bond acceptors (Lipinski definition) is 5. The number of carbonyl (C=O) groups is 2. The van der Waals surface area contributed by atoms with Crippen molar-refractivity contribution in [3.63, 3.8) is 0 Å². The molecule has 142 valence electrons. The summed E-state index contributed by atoms with van der Waals surface area (Å²) in [5, 5.41) is 2.84. The third-order valence-electron chi connectivity index (χ3n) is 4.48. The van der Waals surface area contributed by atoms with Crippen LogP contribution in [0.4, 0.5) is 0 Å². The summed E-state index contributed by atoms with van der Waals surface area (Å²) in [6.07, 6.45) is 8.96. The lowest BCUT2D eigenvalue weighted by Gasteiger charge is -2.21. The van der Waals surface area contributed by atoms with E-state index in [-0.39, 0.29) is 12.5 Å². The zero-order chi connectivity index (χ0) is 18.8. The molecule has 0 heterocycles. The second kappa shape index (κ2) is 10.5. The van der Waals surface area contributed by atoms with Crippen molar-refractivity contribution >= 4 is 18.0 Å². The van der Waals surface area contributed by atoms with E-state index in [0.717, 1.165) is 18.4 Å². The van der Waals surface area contributed by atoms with E-state index >= 15 is 0 Å². The van der Waals surface area contributed by atoms with Crippen molar-refractivity contribution in [3.8, 4) is 11.5 Å². The molecule has 2 rings (SSSR count). The lowest BCUT2D eigenvalue weighted by molar-refractivity contribution is -0.143. The molecule has 0 aliphatic heterocycles. The first kappa shape index (κ1) is 19.8. The maximum Gasteiger partial charge on any atom is 0.331 e. The molecule has 1 aliphatic carbocycles. The number of rotatable bonds is 8. The average Bonchev–Trinajstić information content (AvgIpc) is 2.69. The molecule has 0 saturated heterocycles. The standard InChI is InChI=1S/C20H27NO5/c1-24-17-10-8-15(12-18(17)25-2)9-11-20(23)26-14-19(22)21-13-16-6-4-3-5-7-16/h8-12,16H,3-7,13-14H2,1-2H3,(H,21,22)/b11-9+. The van der Waals surface area contributed by atoms with E-state index < -0.39 is 5.97 Å². The van der Waals surface area contributed by atoms with Gasteiger partial charge in [-0.25, -0.2) is 4.79 Å². The van der Waals surface area contributed by atoms with Gasteiger partial charge >= 0.3 is 5.97 Å². The van der Waals surface area contributed by atoms with Gasteiger partial charge in [0.25, 0.3) is 5.91 Å². The predicted molar refractivity (Wildman–Crippen MR) is 99.1 cm³/mol. The molecule has 0 spiro atoms. The summed E-state index contributed by atoms with van der Waals surface area (Å²) < 4.78 is 15.3. The molecule has 1 N–H and O–H groups in total. The van der Waals surface area contributed by atoms with Crippen LogP contribution in [0, 0.1) is 5.92 Å². The van der Waals surface area contributed by atoms with Gasteiger partial charge in [-0.05, 0) is 42.5 Å². The van der Waals surface area contributed by atoms with E-state index in [0.29, 0.717) is 24.0 Å². The van der Waals surface area contributed by atoms with Crippen molar-refractivity contribution in [1.82, 2.24) is 5.32 Å². The molecule has 0 bridgehead atoms. The highest BCUT2D eigenvalue weighted by molar-refractivity contribution is 5.89. The highest BCUT2D eigenvalue weighted by Gasteiger charge is 2.14. The SMILES string of the molecule is COc1ccc(/C=C/C(=O)OCC(=O)NCC2CCCCC2)cc1OC. The monoisotopic (exact) mass is 361 g/mol. The van der Waals surface area contributed by atoms with Crippen molar-refractivity contribution in [3.05, 3.63) is 29.8 Å². The van der Waals surface area contributed by atoms with Gasteiger partial charge < -0.3 is 19.5 Å². The molecule has 1 aromatic carbocycles. The van der Waals surface area contributed by atoms with E-state index in [4.69, 9.17) is 14.2 Å². The minimum atomic E-state index is -0.562. The van der Waals surface area contributed by atoms with Gasteiger partial charge in [-0.2, -0.15) is 0 Å². The number of nitrogens with one attached hydrogen (secondary N) is 1. The minimum absolute atomic E-state index is 0.261. The third-order valence-corrected chi connectivity index (χ3v) is 4.48. The number of benzene rings is 1. The van der Waals surface area contributed by atoms with Crippen LogP contribution < -0.4 is 14.8 Å². The van der Waals surface area contributed by atoms with Crippen LogP contribution in [0.5, 0.6) is 11.5 Å². The Morgan fingerprint density at radius 3 is 2.54 bits per heavy atom. The van der Waals surface area contributed by atoms with Crippen LogP contribution in [0.2, 0.25) is 0 Å². The molecule has 0 radical (unpaired) electrons. The Kier molecular flexibility index (Phi) is 7.99. The molecule has 0 aromatic heterocycles. The van der Waals surface area contributed by atoms with Crippen molar-refractivity contribution in [2.45, 2.75) is 32.1 Å². The van der Waals surface area contributed by atoms with E-state index in [1.807, 2.05) is 0 Å². The number of amides is 1. The smallest absolute Gasteiger partial charge is 0.331 e. The fourth-order valence-electron chi connectivity index (χ4n) is 3.01. The quantitative estimate of drug-likeness (QED) is 0.569. The summed E-state index contributed by atoms with van der Waals surface area (Å²) in [6.45, 7) is 0.402. The van der Waals surface area contributed by atoms with Crippen molar-refractivity contribution < 1.29 is 23.8 Å². The topological polar surface area (TPSA) is 73.9 Å². The van der Waals surface area contributed by atoms with Gasteiger partial charge in [0.2, 0.25) is 0 Å². The molecular formula is C20H27NO5. The average molecular weight is 361 g/mol. The Morgan fingerprint density at radius 2 is 1.85 bits per heavy atom. The summed E-state index contributed by atoms with van der Waals surface area (Å²) >= 11 is 0. The number of ether oxygens (including phenoxy) is 3.